The maximum atomic E-state index is 13.2. The first-order valence-corrected chi connectivity index (χ1v) is 11.2. The molecule has 1 aliphatic heterocycles. The van der Waals surface area contributed by atoms with E-state index in [1.54, 1.807) is 0 Å². The number of carbonyl (C=O) groups is 3. The van der Waals surface area contributed by atoms with Crippen LogP contribution >= 0.6 is 0 Å². The molecule has 3 aromatic rings. The van der Waals surface area contributed by atoms with Crippen LogP contribution in [0, 0.1) is 5.92 Å². The summed E-state index contributed by atoms with van der Waals surface area (Å²) in [6.45, 7) is 2.75. The minimum Gasteiger partial charge on any atom is -0.478 e. The number of nitrogens with zero attached hydrogens (tertiary/aromatic N) is 3. The van der Waals surface area contributed by atoms with Crippen LogP contribution in [0.3, 0.4) is 0 Å². The fourth-order valence-corrected chi connectivity index (χ4v) is 3.97. The number of hydrogen-bond acceptors (Lipinski definition) is 5. The number of aliphatic carboxylic acids is 2. The number of piperidine rings is 1. The Morgan fingerprint density at radius 2 is 1.53 bits per heavy atom. The van der Waals surface area contributed by atoms with Gasteiger partial charge in [0.15, 0.2) is 5.82 Å². The van der Waals surface area contributed by atoms with E-state index >= 15 is 0 Å². The summed E-state index contributed by atoms with van der Waals surface area (Å²) in [5.74, 6) is -1.57. The van der Waals surface area contributed by atoms with E-state index in [4.69, 9.17) is 15.2 Å². The molecule has 0 saturated carbocycles. The highest BCUT2D eigenvalue weighted by molar-refractivity contribution is 5.98. The lowest BCUT2D eigenvalue weighted by atomic mass is 9.92. The number of aryl methyl sites for hydroxylation is 2. The van der Waals surface area contributed by atoms with E-state index in [0.29, 0.717) is 18.0 Å². The molecule has 178 valence electrons. The lowest BCUT2D eigenvalue weighted by molar-refractivity contribution is -0.134. The molecule has 0 unspecified atom stereocenters. The predicted octanol–water partition coefficient (Wildman–Crippen LogP) is 3.52. The van der Waals surface area contributed by atoms with Gasteiger partial charge in [-0.1, -0.05) is 42.5 Å². The molecule has 8 heteroatoms. The van der Waals surface area contributed by atoms with E-state index in [1.807, 2.05) is 24.3 Å². The number of rotatable bonds is 7. The van der Waals surface area contributed by atoms with Crippen molar-refractivity contribution in [2.75, 3.05) is 20.1 Å². The first kappa shape index (κ1) is 24.9. The van der Waals surface area contributed by atoms with Crippen molar-refractivity contribution < 1.29 is 24.6 Å². The number of fused-ring (bicyclic) bond motifs is 1. The molecule has 0 radical (unpaired) electrons. The summed E-state index contributed by atoms with van der Waals surface area (Å²) in [4.78, 5) is 39.3. The van der Waals surface area contributed by atoms with Crippen LogP contribution in [-0.2, 0) is 22.6 Å². The second-order valence-electron chi connectivity index (χ2n) is 8.26. The minimum absolute atomic E-state index is 0.0958. The summed E-state index contributed by atoms with van der Waals surface area (Å²) in [6.07, 6.45) is 3.87. The molecule has 1 aliphatic rings. The maximum Gasteiger partial charge on any atom is 0.328 e. The van der Waals surface area contributed by atoms with E-state index in [2.05, 4.69) is 46.8 Å². The molecule has 0 bridgehead atoms. The predicted molar refractivity (Wildman–Crippen MR) is 129 cm³/mol. The highest BCUT2D eigenvalue weighted by Gasteiger charge is 2.28. The van der Waals surface area contributed by atoms with Crippen molar-refractivity contribution in [3.63, 3.8) is 0 Å². The number of ketones is 1. The molecule has 2 heterocycles. The Balaban J connectivity index is 0.000000350. The van der Waals surface area contributed by atoms with Crippen molar-refractivity contribution in [2.45, 2.75) is 25.8 Å². The van der Waals surface area contributed by atoms with E-state index in [9.17, 15) is 14.4 Å². The van der Waals surface area contributed by atoms with Crippen LogP contribution in [0.25, 0.3) is 11.0 Å². The van der Waals surface area contributed by atoms with Crippen LogP contribution in [0.15, 0.2) is 66.7 Å². The smallest absolute Gasteiger partial charge is 0.328 e. The van der Waals surface area contributed by atoms with Gasteiger partial charge in [0.25, 0.3) is 0 Å². The molecule has 2 aromatic carbocycles. The highest BCUT2D eigenvalue weighted by Crippen LogP contribution is 2.24. The normalized spacial score (nSPS) is 14.6. The number of carbonyl (C=O) groups excluding carboxylic acids is 1. The molecule has 1 fully saturated rings. The second-order valence-corrected chi connectivity index (χ2v) is 8.26. The van der Waals surface area contributed by atoms with Crippen LogP contribution in [0.2, 0.25) is 0 Å². The fraction of sp³-hybridized carbons (Fsp3) is 0.308. The van der Waals surface area contributed by atoms with E-state index < -0.39 is 11.9 Å². The molecular weight excluding hydrogens is 434 g/mol. The van der Waals surface area contributed by atoms with Crippen LogP contribution in [0.5, 0.6) is 0 Å². The van der Waals surface area contributed by atoms with Gasteiger partial charge in [0.2, 0.25) is 5.78 Å². The number of hydrogen-bond donors (Lipinski definition) is 2. The molecule has 2 N–H and O–H groups in total. The standard InChI is InChI=1S/C22H25N3O.C4H4O4/c1-24-14-12-18(13-15-24)21(26)22-23-19-9-5-6-10-20(19)25(22)16-11-17-7-3-2-4-8-17;5-3(6)1-2-4(7)8/h2-10,18H,11-16H2,1H3;1-2H,(H,5,6)(H,7,8). The summed E-state index contributed by atoms with van der Waals surface area (Å²) in [6, 6.07) is 18.5. The molecule has 1 saturated heterocycles. The molecule has 34 heavy (non-hydrogen) atoms. The van der Waals surface area contributed by atoms with Crippen LogP contribution in [0.4, 0.5) is 0 Å². The number of carboxylic acid groups (broad SMARTS) is 2. The Labute approximate surface area is 198 Å². The zero-order valence-corrected chi connectivity index (χ0v) is 19.1. The molecule has 0 atom stereocenters. The van der Waals surface area contributed by atoms with E-state index in [-0.39, 0.29) is 11.7 Å². The topological polar surface area (TPSA) is 113 Å². The minimum atomic E-state index is -1.26. The van der Waals surface area contributed by atoms with Gasteiger partial charge in [0.05, 0.1) is 11.0 Å². The van der Waals surface area contributed by atoms with Gasteiger partial charge in [-0.25, -0.2) is 14.6 Å². The lowest BCUT2D eigenvalue weighted by Gasteiger charge is -2.27. The number of para-hydroxylation sites is 2. The molecule has 0 spiro atoms. The Morgan fingerprint density at radius 1 is 0.941 bits per heavy atom. The quantitative estimate of drug-likeness (QED) is 0.407. The second kappa shape index (κ2) is 11.9. The van der Waals surface area contributed by atoms with Crippen molar-refractivity contribution in [3.05, 3.63) is 78.1 Å². The largest absolute Gasteiger partial charge is 0.478 e. The number of likely N-dealkylation sites (tertiary alicyclic amines) is 1. The number of imidazole rings is 1. The van der Waals surface area contributed by atoms with Crippen molar-refractivity contribution in [1.82, 2.24) is 14.5 Å². The van der Waals surface area contributed by atoms with Gasteiger partial charge in [-0.05, 0) is 57.1 Å². The fourth-order valence-electron chi connectivity index (χ4n) is 3.97. The highest BCUT2D eigenvalue weighted by atomic mass is 16.4. The van der Waals surface area contributed by atoms with Crippen LogP contribution in [0.1, 0.15) is 29.0 Å². The molecule has 1 aromatic heterocycles. The van der Waals surface area contributed by atoms with Crippen LogP contribution < -0.4 is 0 Å². The molecule has 0 amide bonds. The van der Waals surface area contributed by atoms with Gasteiger partial charge >= 0.3 is 11.9 Å². The van der Waals surface area contributed by atoms with Gasteiger partial charge in [-0.2, -0.15) is 0 Å². The number of Topliss-reactive ketones (excluding diaryl/α,β-unsaturated/α-hetero) is 1. The zero-order chi connectivity index (χ0) is 24.5. The third-order valence-electron chi connectivity index (χ3n) is 5.80. The third-order valence-corrected chi connectivity index (χ3v) is 5.80. The summed E-state index contributed by atoms with van der Waals surface area (Å²) in [5.41, 5.74) is 3.25. The summed E-state index contributed by atoms with van der Waals surface area (Å²) >= 11 is 0. The van der Waals surface area contributed by atoms with Crippen LogP contribution in [-0.4, -0.2) is 62.5 Å². The monoisotopic (exact) mass is 463 g/mol. The molecule has 4 rings (SSSR count). The first-order valence-electron chi connectivity index (χ1n) is 11.2. The summed E-state index contributed by atoms with van der Waals surface area (Å²) in [7, 11) is 2.12. The summed E-state index contributed by atoms with van der Waals surface area (Å²) in [5, 5.41) is 15.6. The van der Waals surface area contributed by atoms with Gasteiger partial charge in [-0.15, -0.1) is 0 Å². The molecule has 8 nitrogen and oxygen atoms in total. The third kappa shape index (κ3) is 6.86. The number of aromatic nitrogens is 2. The average molecular weight is 464 g/mol. The molecular formula is C26H29N3O5. The lowest BCUT2D eigenvalue weighted by Crippen LogP contribution is -2.34. The summed E-state index contributed by atoms with van der Waals surface area (Å²) < 4.78 is 2.13. The Bertz CT molecular complexity index is 1150. The van der Waals surface area contributed by atoms with E-state index in [0.717, 1.165) is 49.9 Å². The Hall–Kier alpha value is -3.78. The Morgan fingerprint density at radius 3 is 2.15 bits per heavy atom. The van der Waals surface area contributed by atoms with Crippen molar-refractivity contribution in [1.29, 1.82) is 0 Å². The average Bonchev–Trinajstić information content (AvgIpc) is 3.21. The SMILES string of the molecule is CN1CCC(C(=O)c2nc3ccccc3n2CCc2ccccc2)CC1.O=C(O)C=CC(=O)O. The first-order chi connectivity index (χ1) is 16.3. The van der Waals surface area contributed by atoms with E-state index in [1.165, 1.54) is 5.56 Å². The molecule has 0 aliphatic carbocycles. The van der Waals surface area contributed by atoms with Gasteiger partial charge in [-0.3, -0.25) is 4.79 Å². The van der Waals surface area contributed by atoms with Gasteiger partial charge in [0, 0.05) is 24.6 Å². The zero-order valence-electron chi connectivity index (χ0n) is 19.1. The van der Waals surface area contributed by atoms with Gasteiger partial charge in [0.1, 0.15) is 0 Å². The number of carboxylic acids is 2. The van der Waals surface area contributed by atoms with Crippen molar-refractivity contribution in [3.8, 4) is 0 Å². The Kier molecular flexibility index (Phi) is 8.70. The van der Waals surface area contributed by atoms with Gasteiger partial charge < -0.3 is 19.7 Å². The van der Waals surface area contributed by atoms with Crippen molar-refractivity contribution in [2.24, 2.45) is 5.92 Å². The maximum absolute atomic E-state index is 13.2. The van der Waals surface area contributed by atoms with Crippen molar-refractivity contribution >= 4 is 28.8 Å². The number of benzene rings is 2.